The van der Waals surface area contributed by atoms with Crippen LogP contribution in [0, 0.1) is 0 Å². The summed E-state index contributed by atoms with van der Waals surface area (Å²) in [5.74, 6) is -0.106. The first kappa shape index (κ1) is 14.6. The number of imidazole rings is 1. The minimum Gasteiger partial charge on any atom is -0.352 e. The lowest BCUT2D eigenvalue weighted by atomic mass is 10.2. The molecule has 3 heterocycles. The highest BCUT2D eigenvalue weighted by Gasteiger charge is 2.08. The average molecular weight is 338 g/mol. The molecule has 24 heavy (non-hydrogen) atoms. The minimum absolute atomic E-state index is 0.106. The quantitative estimate of drug-likeness (QED) is 0.603. The molecule has 1 N–H and O–H groups in total. The highest BCUT2D eigenvalue weighted by molar-refractivity contribution is 7.15. The largest absolute Gasteiger partial charge is 0.352 e. The van der Waals surface area contributed by atoms with Crippen LogP contribution in [0.2, 0.25) is 0 Å². The molecular formula is C16H14N6OS. The Morgan fingerprint density at radius 2 is 2.12 bits per heavy atom. The molecule has 0 fully saturated rings. The molecule has 0 aliphatic heterocycles. The molecule has 0 atom stereocenters. The highest BCUT2D eigenvalue weighted by atomic mass is 32.1. The molecule has 0 spiro atoms. The van der Waals surface area contributed by atoms with E-state index in [-0.39, 0.29) is 5.91 Å². The molecule has 7 nitrogen and oxygen atoms in total. The Balaban J connectivity index is 1.39. The highest BCUT2D eigenvalue weighted by Crippen LogP contribution is 2.12. The summed E-state index contributed by atoms with van der Waals surface area (Å²) < 4.78 is 3.75. The van der Waals surface area contributed by atoms with Crippen molar-refractivity contribution in [1.29, 1.82) is 0 Å². The van der Waals surface area contributed by atoms with E-state index in [1.165, 1.54) is 0 Å². The van der Waals surface area contributed by atoms with Gasteiger partial charge in [-0.05, 0) is 18.2 Å². The Labute approximate surface area is 141 Å². The first-order valence-corrected chi connectivity index (χ1v) is 8.32. The summed E-state index contributed by atoms with van der Waals surface area (Å²) in [6, 6.07) is 7.34. The van der Waals surface area contributed by atoms with Crippen molar-refractivity contribution in [2.45, 2.75) is 6.42 Å². The standard InChI is InChI=1S/C16H14N6OS/c23-15(12-2-1-3-14(8-12)22-10-18-19-11-22)17-5-4-13-9-21-6-7-24-16(21)20-13/h1-3,6-11H,4-5H2,(H,17,23). The summed E-state index contributed by atoms with van der Waals surface area (Å²) in [5.41, 5.74) is 2.43. The second-order valence-electron chi connectivity index (χ2n) is 5.25. The molecule has 0 radical (unpaired) electrons. The number of carbonyl (C=O) groups is 1. The Hall–Kier alpha value is -3.00. The molecule has 1 aromatic carbocycles. The van der Waals surface area contributed by atoms with Gasteiger partial charge in [0.2, 0.25) is 0 Å². The molecule has 0 aliphatic carbocycles. The Kier molecular flexibility index (Phi) is 3.80. The maximum absolute atomic E-state index is 12.3. The number of thiazole rings is 1. The number of rotatable bonds is 5. The molecule has 4 rings (SSSR count). The van der Waals surface area contributed by atoms with Crippen LogP contribution in [0.1, 0.15) is 16.1 Å². The zero-order chi connectivity index (χ0) is 16.4. The average Bonchev–Trinajstić information content (AvgIpc) is 3.32. The van der Waals surface area contributed by atoms with Gasteiger partial charge in [-0.2, -0.15) is 0 Å². The Morgan fingerprint density at radius 3 is 2.96 bits per heavy atom. The number of hydrogen-bond acceptors (Lipinski definition) is 5. The third-order valence-corrected chi connectivity index (χ3v) is 4.41. The van der Waals surface area contributed by atoms with E-state index in [0.29, 0.717) is 18.5 Å². The fraction of sp³-hybridized carbons (Fsp3) is 0.125. The lowest BCUT2D eigenvalue weighted by molar-refractivity contribution is 0.0954. The normalized spacial score (nSPS) is 11.0. The van der Waals surface area contributed by atoms with Crippen LogP contribution in [-0.4, -0.2) is 36.6 Å². The van der Waals surface area contributed by atoms with Gasteiger partial charge >= 0.3 is 0 Å². The van der Waals surface area contributed by atoms with Crippen molar-refractivity contribution in [3.05, 3.63) is 66.0 Å². The maximum Gasteiger partial charge on any atom is 0.251 e. The maximum atomic E-state index is 12.3. The summed E-state index contributed by atoms with van der Waals surface area (Å²) >= 11 is 1.60. The van der Waals surface area contributed by atoms with Gasteiger partial charge in [-0.3, -0.25) is 13.8 Å². The summed E-state index contributed by atoms with van der Waals surface area (Å²) in [6.07, 6.45) is 7.87. The summed E-state index contributed by atoms with van der Waals surface area (Å²) in [6.45, 7) is 0.542. The molecule has 0 saturated heterocycles. The number of nitrogens with zero attached hydrogens (tertiary/aromatic N) is 5. The smallest absolute Gasteiger partial charge is 0.251 e. The summed E-state index contributed by atoms with van der Waals surface area (Å²) in [7, 11) is 0. The van der Waals surface area contributed by atoms with Crippen LogP contribution in [0.5, 0.6) is 0 Å². The second-order valence-corrected chi connectivity index (χ2v) is 6.12. The third kappa shape index (κ3) is 2.91. The molecule has 0 unspecified atom stereocenters. The molecular weight excluding hydrogens is 324 g/mol. The van der Waals surface area contributed by atoms with Crippen molar-refractivity contribution in [3.63, 3.8) is 0 Å². The molecule has 0 saturated carbocycles. The Bertz CT molecular complexity index is 943. The van der Waals surface area contributed by atoms with E-state index in [4.69, 9.17) is 0 Å². The lowest BCUT2D eigenvalue weighted by Crippen LogP contribution is -2.25. The Morgan fingerprint density at radius 1 is 1.25 bits per heavy atom. The summed E-state index contributed by atoms with van der Waals surface area (Å²) in [4.78, 5) is 17.8. The molecule has 120 valence electrons. The number of benzene rings is 1. The molecule has 1 amide bonds. The topological polar surface area (TPSA) is 77.1 Å². The van der Waals surface area contributed by atoms with Crippen molar-refractivity contribution >= 4 is 22.2 Å². The monoisotopic (exact) mass is 338 g/mol. The molecule has 0 bridgehead atoms. The van der Waals surface area contributed by atoms with Crippen LogP contribution in [0.15, 0.2) is 54.7 Å². The van der Waals surface area contributed by atoms with Crippen LogP contribution >= 0.6 is 11.3 Å². The third-order valence-electron chi connectivity index (χ3n) is 3.64. The van der Waals surface area contributed by atoms with Gasteiger partial charge in [0.05, 0.1) is 5.69 Å². The lowest BCUT2D eigenvalue weighted by Gasteiger charge is -2.06. The van der Waals surface area contributed by atoms with Crippen LogP contribution in [-0.2, 0) is 6.42 Å². The van der Waals surface area contributed by atoms with Crippen molar-refractivity contribution in [3.8, 4) is 5.69 Å². The van der Waals surface area contributed by atoms with Crippen molar-refractivity contribution in [1.82, 2.24) is 29.5 Å². The van der Waals surface area contributed by atoms with Gasteiger partial charge in [-0.1, -0.05) is 6.07 Å². The molecule has 8 heteroatoms. The SMILES string of the molecule is O=C(NCCc1cn2ccsc2n1)c1cccc(-n2cnnc2)c1. The minimum atomic E-state index is -0.106. The molecule has 4 aromatic rings. The molecule has 0 aliphatic rings. The number of carbonyl (C=O) groups excluding carboxylic acids is 1. The van der Waals surface area contributed by atoms with E-state index in [0.717, 1.165) is 16.3 Å². The van der Waals surface area contributed by atoms with Crippen molar-refractivity contribution in [2.24, 2.45) is 0 Å². The number of hydrogen-bond donors (Lipinski definition) is 1. The number of fused-ring (bicyclic) bond motifs is 1. The fourth-order valence-electron chi connectivity index (χ4n) is 2.44. The van der Waals surface area contributed by atoms with E-state index < -0.39 is 0 Å². The van der Waals surface area contributed by atoms with E-state index in [1.807, 2.05) is 40.4 Å². The van der Waals surface area contributed by atoms with Gasteiger partial charge in [-0.25, -0.2) is 4.98 Å². The van der Waals surface area contributed by atoms with Gasteiger partial charge in [0, 0.05) is 42.0 Å². The second kappa shape index (κ2) is 6.25. The van der Waals surface area contributed by atoms with E-state index in [2.05, 4.69) is 20.5 Å². The predicted molar refractivity (Wildman–Crippen MR) is 90.5 cm³/mol. The van der Waals surface area contributed by atoms with Gasteiger partial charge in [0.25, 0.3) is 5.91 Å². The van der Waals surface area contributed by atoms with E-state index >= 15 is 0 Å². The first-order valence-electron chi connectivity index (χ1n) is 7.44. The van der Waals surface area contributed by atoms with E-state index in [9.17, 15) is 4.79 Å². The van der Waals surface area contributed by atoms with Gasteiger partial charge < -0.3 is 5.32 Å². The fourth-order valence-corrected chi connectivity index (χ4v) is 3.16. The summed E-state index contributed by atoms with van der Waals surface area (Å²) in [5, 5.41) is 12.5. The van der Waals surface area contributed by atoms with Gasteiger partial charge in [-0.15, -0.1) is 21.5 Å². The van der Waals surface area contributed by atoms with Crippen molar-refractivity contribution in [2.75, 3.05) is 6.54 Å². The number of amides is 1. The predicted octanol–water partition coefficient (Wildman–Crippen LogP) is 1.95. The molecule has 3 aromatic heterocycles. The van der Waals surface area contributed by atoms with Gasteiger partial charge in [0.1, 0.15) is 12.7 Å². The van der Waals surface area contributed by atoms with Crippen LogP contribution in [0.4, 0.5) is 0 Å². The first-order chi connectivity index (χ1) is 11.8. The van der Waals surface area contributed by atoms with Crippen LogP contribution < -0.4 is 5.32 Å². The zero-order valence-electron chi connectivity index (χ0n) is 12.7. The van der Waals surface area contributed by atoms with Crippen molar-refractivity contribution < 1.29 is 4.79 Å². The number of aromatic nitrogens is 5. The van der Waals surface area contributed by atoms with Gasteiger partial charge in [0.15, 0.2) is 4.96 Å². The van der Waals surface area contributed by atoms with Crippen LogP contribution in [0.3, 0.4) is 0 Å². The van der Waals surface area contributed by atoms with Crippen LogP contribution in [0.25, 0.3) is 10.6 Å². The van der Waals surface area contributed by atoms with E-state index in [1.54, 1.807) is 34.6 Å². The zero-order valence-corrected chi connectivity index (χ0v) is 13.5. The number of nitrogens with one attached hydrogen (secondary N) is 1.